The zero-order chi connectivity index (χ0) is 21.4. The number of halogens is 1. The molecule has 1 unspecified atom stereocenters. The molecule has 1 atom stereocenters. The number of hydrogen-bond acceptors (Lipinski definition) is 7. The van der Waals surface area contributed by atoms with Crippen molar-refractivity contribution in [2.75, 3.05) is 29.4 Å². The quantitative estimate of drug-likeness (QED) is 0.482. The molecule has 0 saturated carbocycles. The molecule has 4 aromatic rings. The molecule has 1 saturated heterocycles. The van der Waals surface area contributed by atoms with Crippen LogP contribution >= 0.6 is 12.6 Å². The maximum absolute atomic E-state index is 13.7. The Morgan fingerprint density at radius 3 is 2.90 bits per heavy atom. The number of H-pyrrole nitrogens is 1. The third kappa shape index (κ3) is 3.55. The van der Waals surface area contributed by atoms with Crippen LogP contribution in [0.2, 0.25) is 0 Å². The highest BCUT2D eigenvalue weighted by Gasteiger charge is 2.27. The number of benzene rings is 1. The van der Waals surface area contributed by atoms with E-state index in [-0.39, 0.29) is 11.2 Å². The summed E-state index contributed by atoms with van der Waals surface area (Å²) in [4.78, 5) is 20.7. The maximum atomic E-state index is 13.7. The summed E-state index contributed by atoms with van der Waals surface area (Å²) < 4.78 is 13.7. The van der Waals surface area contributed by atoms with Crippen molar-refractivity contribution in [1.29, 1.82) is 5.26 Å². The van der Waals surface area contributed by atoms with Crippen LogP contribution < -0.4 is 9.80 Å². The van der Waals surface area contributed by atoms with Crippen LogP contribution in [0.1, 0.15) is 5.56 Å². The molecule has 154 valence electrons. The lowest BCUT2D eigenvalue weighted by molar-refractivity contribution is 0.608. The second-order valence-electron chi connectivity index (χ2n) is 7.24. The van der Waals surface area contributed by atoms with Crippen LogP contribution in [0.5, 0.6) is 0 Å². The molecule has 5 rings (SSSR count). The Labute approximate surface area is 183 Å². The van der Waals surface area contributed by atoms with Crippen LogP contribution in [-0.2, 0) is 0 Å². The van der Waals surface area contributed by atoms with E-state index in [1.165, 1.54) is 12.1 Å². The molecular weight excluding hydrogens is 413 g/mol. The first-order chi connectivity index (χ1) is 15.1. The van der Waals surface area contributed by atoms with Gasteiger partial charge in [0.1, 0.15) is 23.1 Å². The van der Waals surface area contributed by atoms with E-state index < -0.39 is 0 Å². The summed E-state index contributed by atoms with van der Waals surface area (Å²) in [5.74, 6) is 0.830. The van der Waals surface area contributed by atoms with Crippen LogP contribution in [0.4, 0.5) is 15.9 Å². The van der Waals surface area contributed by atoms with E-state index in [9.17, 15) is 9.65 Å². The van der Waals surface area contributed by atoms with Crippen molar-refractivity contribution >= 4 is 35.2 Å². The minimum Gasteiger partial charge on any atom is -0.356 e. The normalized spacial score (nSPS) is 16.5. The molecule has 0 amide bonds. The van der Waals surface area contributed by atoms with E-state index in [1.807, 2.05) is 34.2 Å². The predicted molar refractivity (Wildman–Crippen MR) is 121 cm³/mol. The number of rotatable bonds is 3. The van der Waals surface area contributed by atoms with Gasteiger partial charge in [0.2, 0.25) is 0 Å². The first-order valence-corrected chi connectivity index (χ1v) is 10.3. The number of thiol groups is 1. The van der Waals surface area contributed by atoms with E-state index in [0.717, 1.165) is 22.3 Å². The number of aromatic amines is 1. The second-order valence-corrected chi connectivity index (χ2v) is 7.84. The van der Waals surface area contributed by atoms with Crippen molar-refractivity contribution in [3.8, 4) is 17.5 Å². The van der Waals surface area contributed by atoms with Gasteiger partial charge in [0.15, 0.2) is 11.6 Å². The first-order valence-electron chi connectivity index (χ1n) is 9.79. The highest BCUT2D eigenvalue weighted by atomic mass is 32.1. The third-order valence-electron chi connectivity index (χ3n) is 5.38. The lowest BCUT2D eigenvalue weighted by Gasteiger charge is -2.41. The number of nitrogens with zero attached hydrogens (tertiary/aromatic N) is 6. The van der Waals surface area contributed by atoms with Crippen molar-refractivity contribution in [2.45, 2.75) is 5.37 Å². The number of nitrogens with one attached hydrogen (secondary N) is 1. The minimum absolute atomic E-state index is 0.183. The molecule has 0 bridgehead atoms. The van der Waals surface area contributed by atoms with Crippen molar-refractivity contribution in [3.05, 3.63) is 66.4 Å². The van der Waals surface area contributed by atoms with Gasteiger partial charge in [-0.2, -0.15) is 17.9 Å². The van der Waals surface area contributed by atoms with Gasteiger partial charge in [-0.1, -0.05) is 6.07 Å². The van der Waals surface area contributed by atoms with Gasteiger partial charge >= 0.3 is 0 Å². The lowest BCUT2D eigenvalue weighted by atomic mass is 10.1. The summed E-state index contributed by atoms with van der Waals surface area (Å²) in [6.07, 6.45) is 5.09. The Kier molecular flexibility index (Phi) is 4.92. The summed E-state index contributed by atoms with van der Waals surface area (Å²) in [7, 11) is 0. The molecule has 0 radical (unpaired) electrons. The van der Waals surface area contributed by atoms with Crippen molar-refractivity contribution in [3.63, 3.8) is 0 Å². The number of hydrogen-bond donors (Lipinski definition) is 2. The number of anilines is 2. The SMILES string of the molecule is N#Cc1cnc(-c2ccnc3[nH]ccc23)nc1N1CCN(c2cccc(F)c2)C(S)C1. The molecule has 31 heavy (non-hydrogen) atoms. The Hall–Kier alpha value is -3.64. The van der Waals surface area contributed by atoms with E-state index in [4.69, 9.17) is 17.6 Å². The summed E-state index contributed by atoms with van der Waals surface area (Å²) in [6.45, 7) is 1.77. The molecule has 0 spiro atoms. The predicted octanol–water partition coefficient (Wildman–Crippen LogP) is 3.61. The molecule has 1 aliphatic heterocycles. The zero-order valence-corrected chi connectivity index (χ0v) is 17.3. The van der Waals surface area contributed by atoms with Crippen molar-refractivity contribution in [1.82, 2.24) is 19.9 Å². The van der Waals surface area contributed by atoms with Gasteiger partial charge in [-0.25, -0.2) is 19.3 Å². The van der Waals surface area contributed by atoms with Gasteiger partial charge in [-0.05, 0) is 30.3 Å². The summed E-state index contributed by atoms with van der Waals surface area (Å²) in [6, 6.07) is 12.5. The van der Waals surface area contributed by atoms with E-state index in [1.54, 1.807) is 18.5 Å². The highest BCUT2D eigenvalue weighted by molar-refractivity contribution is 7.81. The molecule has 3 aromatic heterocycles. The van der Waals surface area contributed by atoms with Gasteiger partial charge in [-0.15, -0.1) is 0 Å². The fourth-order valence-electron chi connectivity index (χ4n) is 3.89. The Bertz CT molecular complexity index is 1300. The molecule has 1 fully saturated rings. The molecule has 7 nitrogen and oxygen atoms in total. The summed E-state index contributed by atoms with van der Waals surface area (Å²) in [5, 5.41) is 10.4. The van der Waals surface area contributed by atoms with Gasteiger partial charge in [0.05, 0.1) is 11.6 Å². The fraction of sp³-hybridized carbons (Fsp3) is 0.182. The fourth-order valence-corrected chi connectivity index (χ4v) is 4.34. The summed E-state index contributed by atoms with van der Waals surface area (Å²) >= 11 is 4.73. The number of pyridine rings is 1. The second kappa shape index (κ2) is 7.89. The maximum Gasteiger partial charge on any atom is 0.162 e. The van der Waals surface area contributed by atoms with E-state index in [2.05, 4.69) is 21.0 Å². The van der Waals surface area contributed by atoms with Crippen LogP contribution in [0.25, 0.3) is 22.4 Å². The molecule has 1 aliphatic rings. The lowest BCUT2D eigenvalue weighted by Crippen LogP contribution is -2.51. The Balaban J connectivity index is 1.47. The number of fused-ring (bicyclic) bond motifs is 1. The molecule has 4 heterocycles. The average molecular weight is 432 g/mol. The third-order valence-corrected chi connectivity index (χ3v) is 5.83. The number of aromatic nitrogens is 4. The van der Waals surface area contributed by atoms with Crippen molar-refractivity contribution in [2.24, 2.45) is 0 Å². The standard InChI is InChI=1S/C22H18FN7S/c23-15-2-1-3-16(10-15)30-9-8-29(13-19(30)31)22-14(11-24)12-27-21(28-22)18-5-7-26-20-17(18)4-6-25-20/h1-7,10,12,19,31H,8-9,13H2,(H,25,26). The summed E-state index contributed by atoms with van der Waals surface area (Å²) in [5.41, 5.74) is 2.79. The van der Waals surface area contributed by atoms with Gasteiger partial charge in [-0.3, -0.25) is 0 Å². The first kappa shape index (κ1) is 19.3. The smallest absolute Gasteiger partial charge is 0.162 e. The van der Waals surface area contributed by atoms with Gasteiger partial charge in [0, 0.05) is 48.7 Å². The van der Waals surface area contributed by atoms with Gasteiger partial charge in [0.25, 0.3) is 0 Å². The highest BCUT2D eigenvalue weighted by Crippen LogP contribution is 2.30. The molecule has 0 aliphatic carbocycles. The van der Waals surface area contributed by atoms with Crippen LogP contribution in [0, 0.1) is 17.1 Å². The monoisotopic (exact) mass is 431 g/mol. The molecule has 9 heteroatoms. The average Bonchev–Trinajstić information content (AvgIpc) is 3.27. The minimum atomic E-state index is -0.277. The molecule has 1 aromatic carbocycles. The van der Waals surface area contributed by atoms with E-state index in [0.29, 0.717) is 36.8 Å². The topological polar surface area (TPSA) is 84.7 Å². The Morgan fingerprint density at radius 1 is 1.19 bits per heavy atom. The van der Waals surface area contributed by atoms with Crippen LogP contribution in [-0.4, -0.2) is 44.9 Å². The van der Waals surface area contributed by atoms with Crippen LogP contribution in [0.15, 0.2) is 55.0 Å². The van der Waals surface area contributed by atoms with E-state index >= 15 is 0 Å². The molecule has 1 N–H and O–H groups in total. The zero-order valence-electron chi connectivity index (χ0n) is 16.4. The largest absolute Gasteiger partial charge is 0.356 e. The number of nitriles is 1. The van der Waals surface area contributed by atoms with Gasteiger partial charge < -0.3 is 14.8 Å². The van der Waals surface area contributed by atoms with Crippen molar-refractivity contribution < 1.29 is 4.39 Å². The number of piperazine rings is 1. The van der Waals surface area contributed by atoms with Crippen LogP contribution in [0.3, 0.4) is 0 Å². The Morgan fingerprint density at radius 2 is 2.10 bits per heavy atom. The molecular formula is C22H18FN7S.